The summed E-state index contributed by atoms with van der Waals surface area (Å²) >= 11 is 0. The molecule has 140 valence electrons. The van der Waals surface area contributed by atoms with E-state index in [9.17, 15) is 9.59 Å². The molecule has 3 aromatic rings. The van der Waals surface area contributed by atoms with E-state index >= 15 is 0 Å². The van der Waals surface area contributed by atoms with Gasteiger partial charge in [0.1, 0.15) is 12.3 Å². The number of fused-ring (bicyclic) bond motifs is 1. The molecular weight excluding hydrogens is 342 g/mol. The van der Waals surface area contributed by atoms with Gasteiger partial charge in [0.25, 0.3) is 5.56 Å². The third kappa shape index (κ3) is 4.00. The van der Waals surface area contributed by atoms with Crippen LogP contribution in [0.25, 0.3) is 10.8 Å². The number of hydrogen-bond acceptors (Lipinski definition) is 4. The number of aryl methyl sites for hydroxylation is 1. The molecule has 0 saturated heterocycles. The van der Waals surface area contributed by atoms with E-state index < -0.39 is 0 Å². The molecule has 0 aliphatic heterocycles. The molecule has 1 unspecified atom stereocenters. The lowest BCUT2D eigenvalue weighted by Gasteiger charge is -2.18. The van der Waals surface area contributed by atoms with Crippen LogP contribution in [0.15, 0.2) is 53.3 Å². The Hall–Kier alpha value is -3.15. The maximum Gasteiger partial charge on any atom is 0.275 e. The Morgan fingerprint density at radius 1 is 1.15 bits per heavy atom. The van der Waals surface area contributed by atoms with E-state index in [2.05, 4.69) is 10.4 Å². The summed E-state index contributed by atoms with van der Waals surface area (Å²) in [6.45, 7) is 3.72. The van der Waals surface area contributed by atoms with Crippen molar-refractivity contribution in [3.05, 3.63) is 70.1 Å². The standard InChI is InChI=1S/C21H23N3O3/c1-4-19(15-9-11-16(27-3)12-10-15)22-20(25)13-24-21(26)18-8-6-5-7-17(18)14(2)23-24/h5-12,19H,4,13H2,1-3H3,(H,22,25). The number of rotatable bonds is 6. The molecule has 1 N–H and O–H groups in total. The Kier molecular flexibility index (Phi) is 5.54. The minimum atomic E-state index is -0.260. The van der Waals surface area contributed by atoms with Crippen LogP contribution in [0.2, 0.25) is 0 Å². The van der Waals surface area contributed by atoms with Crippen molar-refractivity contribution < 1.29 is 9.53 Å². The summed E-state index contributed by atoms with van der Waals surface area (Å²) in [6, 6.07) is 14.7. The second-order valence-electron chi connectivity index (χ2n) is 6.40. The number of nitrogens with zero attached hydrogens (tertiary/aromatic N) is 2. The third-order valence-corrected chi connectivity index (χ3v) is 4.61. The lowest BCUT2D eigenvalue weighted by atomic mass is 10.0. The van der Waals surface area contributed by atoms with Crippen molar-refractivity contribution in [1.29, 1.82) is 0 Å². The summed E-state index contributed by atoms with van der Waals surface area (Å²) in [5.74, 6) is 0.518. The Morgan fingerprint density at radius 3 is 2.44 bits per heavy atom. The number of carbonyl (C=O) groups excluding carboxylic acids is 1. The number of benzene rings is 2. The first-order valence-corrected chi connectivity index (χ1v) is 8.93. The van der Waals surface area contributed by atoms with Gasteiger partial charge in [-0.1, -0.05) is 37.3 Å². The molecule has 1 amide bonds. The van der Waals surface area contributed by atoms with Gasteiger partial charge in [-0.25, -0.2) is 4.68 Å². The van der Waals surface area contributed by atoms with E-state index in [4.69, 9.17) is 4.74 Å². The highest BCUT2D eigenvalue weighted by Crippen LogP contribution is 2.20. The van der Waals surface area contributed by atoms with Crippen LogP contribution in [0.4, 0.5) is 0 Å². The molecule has 0 spiro atoms. The summed E-state index contributed by atoms with van der Waals surface area (Å²) in [5, 5.41) is 8.66. The van der Waals surface area contributed by atoms with Crippen LogP contribution in [-0.4, -0.2) is 22.8 Å². The molecule has 0 aliphatic carbocycles. The van der Waals surface area contributed by atoms with E-state index in [1.54, 1.807) is 13.2 Å². The van der Waals surface area contributed by atoms with Gasteiger partial charge in [0, 0.05) is 5.39 Å². The van der Waals surface area contributed by atoms with E-state index in [0.29, 0.717) is 5.39 Å². The van der Waals surface area contributed by atoms with Crippen molar-refractivity contribution in [2.45, 2.75) is 32.9 Å². The van der Waals surface area contributed by atoms with Gasteiger partial charge in [-0.3, -0.25) is 9.59 Å². The molecule has 1 aromatic heterocycles. The Labute approximate surface area is 157 Å². The lowest BCUT2D eigenvalue weighted by molar-refractivity contribution is -0.122. The predicted molar refractivity (Wildman–Crippen MR) is 105 cm³/mol. The molecule has 6 nitrogen and oxygen atoms in total. The zero-order valence-corrected chi connectivity index (χ0v) is 15.7. The van der Waals surface area contributed by atoms with Crippen LogP contribution >= 0.6 is 0 Å². The smallest absolute Gasteiger partial charge is 0.275 e. The van der Waals surface area contributed by atoms with Gasteiger partial charge >= 0.3 is 0 Å². The molecule has 1 heterocycles. The number of hydrogen-bond donors (Lipinski definition) is 1. The van der Waals surface area contributed by atoms with Gasteiger partial charge in [0.2, 0.25) is 5.91 Å². The number of amides is 1. The molecule has 27 heavy (non-hydrogen) atoms. The molecule has 0 radical (unpaired) electrons. The highest BCUT2D eigenvalue weighted by molar-refractivity contribution is 5.83. The van der Waals surface area contributed by atoms with Gasteiger partial charge in [0.05, 0.1) is 24.2 Å². The molecule has 6 heteroatoms. The maximum absolute atomic E-state index is 12.6. The molecular formula is C21H23N3O3. The van der Waals surface area contributed by atoms with Gasteiger partial charge in [-0.2, -0.15) is 5.10 Å². The monoisotopic (exact) mass is 365 g/mol. The van der Waals surface area contributed by atoms with Gasteiger partial charge < -0.3 is 10.1 Å². The van der Waals surface area contributed by atoms with Gasteiger partial charge in [-0.15, -0.1) is 0 Å². The largest absolute Gasteiger partial charge is 0.497 e. The fraction of sp³-hybridized carbons (Fsp3) is 0.286. The molecule has 2 aromatic carbocycles. The van der Waals surface area contributed by atoms with Crippen molar-refractivity contribution in [3.8, 4) is 5.75 Å². The number of ether oxygens (including phenoxy) is 1. The van der Waals surface area contributed by atoms with E-state index in [1.165, 1.54) is 4.68 Å². The van der Waals surface area contributed by atoms with Crippen LogP contribution < -0.4 is 15.6 Å². The van der Waals surface area contributed by atoms with Crippen LogP contribution in [0.3, 0.4) is 0 Å². The molecule has 0 aliphatic rings. The highest BCUT2D eigenvalue weighted by atomic mass is 16.5. The molecule has 0 fully saturated rings. The normalized spacial score (nSPS) is 12.0. The topological polar surface area (TPSA) is 73.2 Å². The maximum atomic E-state index is 12.6. The van der Waals surface area contributed by atoms with Gasteiger partial charge in [0.15, 0.2) is 0 Å². The average Bonchev–Trinajstić information content (AvgIpc) is 2.70. The van der Waals surface area contributed by atoms with Crippen LogP contribution in [0.5, 0.6) is 5.75 Å². The lowest BCUT2D eigenvalue weighted by Crippen LogP contribution is -2.36. The highest BCUT2D eigenvalue weighted by Gasteiger charge is 2.15. The number of carbonyl (C=O) groups is 1. The summed E-state index contributed by atoms with van der Waals surface area (Å²) in [7, 11) is 1.62. The Morgan fingerprint density at radius 2 is 1.81 bits per heavy atom. The second-order valence-corrected chi connectivity index (χ2v) is 6.40. The van der Waals surface area contributed by atoms with Crippen molar-refractivity contribution in [2.75, 3.05) is 7.11 Å². The SMILES string of the molecule is CCC(NC(=O)Cn1nc(C)c2ccccc2c1=O)c1ccc(OC)cc1. The first-order valence-electron chi connectivity index (χ1n) is 8.93. The van der Waals surface area contributed by atoms with Crippen molar-refractivity contribution >= 4 is 16.7 Å². The summed E-state index contributed by atoms with van der Waals surface area (Å²) in [4.78, 5) is 25.2. The van der Waals surface area contributed by atoms with Crippen molar-refractivity contribution in [1.82, 2.24) is 15.1 Å². The zero-order valence-electron chi connectivity index (χ0n) is 15.7. The van der Waals surface area contributed by atoms with Gasteiger partial charge in [-0.05, 0) is 37.1 Å². The quantitative estimate of drug-likeness (QED) is 0.729. The fourth-order valence-electron chi connectivity index (χ4n) is 3.14. The number of nitrogens with one attached hydrogen (secondary N) is 1. The minimum Gasteiger partial charge on any atom is -0.497 e. The fourth-order valence-corrected chi connectivity index (χ4v) is 3.14. The first kappa shape index (κ1) is 18.6. The zero-order chi connectivity index (χ0) is 19.4. The van der Waals surface area contributed by atoms with Crippen LogP contribution in [0.1, 0.15) is 30.6 Å². The molecule has 1 atom stereocenters. The van der Waals surface area contributed by atoms with Crippen LogP contribution in [-0.2, 0) is 11.3 Å². The third-order valence-electron chi connectivity index (χ3n) is 4.61. The summed E-state index contributed by atoms with van der Waals surface area (Å²) in [5.41, 5.74) is 1.45. The molecule has 3 rings (SSSR count). The summed E-state index contributed by atoms with van der Waals surface area (Å²) < 4.78 is 6.40. The van der Waals surface area contributed by atoms with Crippen molar-refractivity contribution in [2.24, 2.45) is 0 Å². The predicted octanol–water partition coefficient (Wildman–Crippen LogP) is 2.98. The Balaban J connectivity index is 1.79. The number of methoxy groups -OCH3 is 1. The van der Waals surface area contributed by atoms with Crippen molar-refractivity contribution in [3.63, 3.8) is 0 Å². The van der Waals surface area contributed by atoms with Crippen LogP contribution in [0, 0.1) is 6.92 Å². The Bertz CT molecular complexity index is 1010. The van der Waals surface area contributed by atoms with E-state index in [1.807, 2.05) is 56.3 Å². The minimum absolute atomic E-state index is 0.114. The van der Waals surface area contributed by atoms with E-state index in [-0.39, 0.29) is 24.1 Å². The molecule has 0 bridgehead atoms. The first-order chi connectivity index (χ1) is 13.0. The van der Waals surface area contributed by atoms with E-state index in [0.717, 1.165) is 28.8 Å². The molecule has 0 saturated carbocycles. The summed E-state index contributed by atoms with van der Waals surface area (Å²) in [6.07, 6.45) is 0.733. The second kappa shape index (κ2) is 8.03. The number of aromatic nitrogens is 2. The average molecular weight is 365 g/mol.